The summed E-state index contributed by atoms with van der Waals surface area (Å²) in [6.07, 6.45) is 0. The number of ether oxygens (including phenoxy) is 1. The maximum atomic E-state index is 5.84. The van der Waals surface area contributed by atoms with Gasteiger partial charge in [0.25, 0.3) is 0 Å². The molecule has 0 spiro atoms. The third-order valence-electron chi connectivity index (χ3n) is 1.99. The number of benzene rings is 1. The molecule has 0 saturated carbocycles. The molecule has 1 aromatic rings. The molecule has 0 radical (unpaired) electrons. The number of rotatable bonds is 6. The average molecular weight is 292 g/mol. The van der Waals surface area contributed by atoms with Gasteiger partial charge in [0.1, 0.15) is 5.75 Å². The predicted octanol–water partition coefficient (Wildman–Crippen LogP) is 4.14. The summed E-state index contributed by atoms with van der Waals surface area (Å²) < 4.78 is 3.68. The van der Waals surface area contributed by atoms with Crippen molar-refractivity contribution in [1.29, 1.82) is 0 Å². The van der Waals surface area contributed by atoms with E-state index in [1.54, 1.807) is 7.11 Å². The molecular formula is C11H17OPS3. The Hall–Kier alpha value is 0.370. The lowest BCUT2D eigenvalue weighted by molar-refractivity contribution is 0.415. The van der Waals surface area contributed by atoms with Crippen molar-refractivity contribution in [2.45, 2.75) is 13.8 Å². The number of hydrogen-bond donors (Lipinski definition) is 0. The molecule has 0 heterocycles. The number of methoxy groups -OCH3 is 1. The van der Waals surface area contributed by atoms with E-state index >= 15 is 0 Å². The number of hydrogen-bond acceptors (Lipinski definition) is 4. The molecule has 0 aliphatic rings. The van der Waals surface area contributed by atoms with Crippen LogP contribution in [0.1, 0.15) is 13.8 Å². The van der Waals surface area contributed by atoms with Crippen LogP contribution < -0.4 is 10.0 Å². The van der Waals surface area contributed by atoms with Crippen LogP contribution in [0.3, 0.4) is 0 Å². The summed E-state index contributed by atoms with van der Waals surface area (Å²) in [5, 5.41) is 1.29. The Kier molecular flexibility index (Phi) is 6.27. The third-order valence-corrected chi connectivity index (χ3v) is 13.4. The van der Waals surface area contributed by atoms with Gasteiger partial charge in [-0.05, 0) is 35.8 Å². The van der Waals surface area contributed by atoms with Crippen molar-refractivity contribution < 1.29 is 4.74 Å². The van der Waals surface area contributed by atoms with Crippen LogP contribution in [-0.4, -0.2) is 18.6 Å². The van der Waals surface area contributed by atoms with Gasteiger partial charge < -0.3 is 4.74 Å². The van der Waals surface area contributed by atoms with Crippen LogP contribution in [0.15, 0.2) is 24.3 Å². The summed E-state index contributed by atoms with van der Waals surface area (Å²) in [4.78, 5) is 0. The SMILES string of the molecule is CCSP(=S)(SCC)c1ccc(OC)cc1. The molecule has 0 aromatic heterocycles. The van der Waals surface area contributed by atoms with E-state index < -0.39 is 4.44 Å². The zero-order valence-corrected chi connectivity index (χ0v) is 13.1. The molecule has 5 heteroatoms. The molecule has 0 unspecified atom stereocenters. The minimum absolute atomic E-state index is 0.897. The van der Waals surface area contributed by atoms with E-state index in [-0.39, 0.29) is 0 Å². The van der Waals surface area contributed by atoms with Gasteiger partial charge in [-0.1, -0.05) is 25.7 Å². The van der Waals surface area contributed by atoms with Gasteiger partial charge in [0, 0.05) is 5.30 Å². The summed E-state index contributed by atoms with van der Waals surface area (Å²) in [7, 11) is 1.69. The van der Waals surface area contributed by atoms with E-state index in [4.69, 9.17) is 16.5 Å². The first-order valence-corrected chi connectivity index (χ1v) is 11.2. The lowest BCUT2D eigenvalue weighted by Crippen LogP contribution is -2.00. The normalized spacial score (nSPS) is 11.4. The van der Waals surface area contributed by atoms with Crippen molar-refractivity contribution in [2.24, 2.45) is 0 Å². The van der Waals surface area contributed by atoms with E-state index in [2.05, 4.69) is 26.0 Å². The standard InChI is InChI=1S/C11H17OPS3/c1-4-15-13(14,16-5-2)11-8-6-10(12-3)7-9-11/h6-9H,4-5H2,1-3H3. The lowest BCUT2D eigenvalue weighted by atomic mass is 10.3. The largest absolute Gasteiger partial charge is 0.497 e. The van der Waals surface area contributed by atoms with Gasteiger partial charge >= 0.3 is 0 Å². The fraction of sp³-hybridized carbons (Fsp3) is 0.455. The second-order valence-electron chi connectivity index (χ2n) is 3.03. The van der Waals surface area contributed by atoms with Crippen LogP contribution in [0, 0.1) is 0 Å². The molecular weight excluding hydrogens is 275 g/mol. The smallest absolute Gasteiger partial charge is 0.118 e. The van der Waals surface area contributed by atoms with Crippen LogP contribution in [-0.2, 0) is 11.8 Å². The minimum atomic E-state index is -1.49. The van der Waals surface area contributed by atoms with Crippen molar-refractivity contribution >= 4 is 44.3 Å². The first kappa shape index (κ1) is 14.4. The van der Waals surface area contributed by atoms with Crippen LogP contribution in [0.2, 0.25) is 0 Å². The van der Waals surface area contributed by atoms with E-state index in [1.807, 2.05) is 34.9 Å². The maximum Gasteiger partial charge on any atom is 0.118 e. The van der Waals surface area contributed by atoms with Gasteiger partial charge in [-0.15, -0.1) is 22.8 Å². The summed E-state index contributed by atoms with van der Waals surface area (Å²) in [5.41, 5.74) is 0. The first-order valence-electron chi connectivity index (χ1n) is 5.20. The molecule has 90 valence electrons. The highest BCUT2D eigenvalue weighted by Crippen LogP contribution is 2.67. The fourth-order valence-corrected chi connectivity index (χ4v) is 11.6. The zero-order chi connectivity index (χ0) is 12.0. The van der Waals surface area contributed by atoms with E-state index in [0.717, 1.165) is 17.3 Å². The maximum absolute atomic E-state index is 5.84. The molecule has 0 bridgehead atoms. The molecule has 1 rings (SSSR count). The summed E-state index contributed by atoms with van der Waals surface area (Å²) in [6, 6.07) is 8.24. The van der Waals surface area contributed by atoms with Crippen molar-refractivity contribution in [2.75, 3.05) is 18.6 Å². The Morgan fingerprint density at radius 1 is 1.12 bits per heavy atom. The Labute approximate surface area is 111 Å². The summed E-state index contributed by atoms with van der Waals surface area (Å²) in [6.45, 7) is 4.34. The first-order chi connectivity index (χ1) is 7.66. The summed E-state index contributed by atoms with van der Waals surface area (Å²) >= 11 is 9.68. The molecule has 0 N–H and O–H groups in total. The topological polar surface area (TPSA) is 9.23 Å². The fourth-order valence-electron chi connectivity index (χ4n) is 1.29. The highest BCUT2D eigenvalue weighted by molar-refractivity contribution is 9.02. The summed E-state index contributed by atoms with van der Waals surface area (Å²) in [5.74, 6) is 3.06. The van der Waals surface area contributed by atoms with Crippen molar-refractivity contribution in [3.05, 3.63) is 24.3 Å². The second-order valence-corrected chi connectivity index (χ2v) is 14.8. The van der Waals surface area contributed by atoms with Crippen LogP contribution >= 0.6 is 27.2 Å². The Morgan fingerprint density at radius 3 is 2.00 bits per heavy atom. The quantitative estimate of drug-likeness (QED) is 0.728. The van der Waals surface area contributed by atoms with Gasteiger partial charge in [-0.3, -0.25) is 0 Å². The van der Waals surface area contributed by atoms with Gasteiger partial charge in [0.05, 0.1) is 11.6 Å². The zero-order valence-electron chi connectivity index (χ0n) is 9.80. The minimum Gasteiger partial charge on any atom is -0.497 e. The highest BCUT2D eigenvalue weighted by Gasteiger charge is 2.19. The molecule has 0 fully saturated rings. The van der Waals surface area contributed by atoms with Gasteiger partial charge in [0.2, 0.25) is 0 Å². The molecule has 1 nitrogen and oxygen atoms in total. The van der Waals surface area contributed by atoms with Crippen LogP contribution in [0.5, 0.6) is 5.75 Å². The van der Waals surface area contributed by atoms with Gasteiger partial charge in [-0.25, -0.2) is 0 Å². The van der Waals surface area contributed by atoms with E-state index in [1.165, 1.54) is 5.30 Å². The Balaban J connectivity index is 2.96. The molecule has 0 aliphatic heterocycles. The molecule has 16 heavy (non-hydrogen) atoms. The van der Waals surface area contributed by atoms with Crippen molar-refractivity contribution in [3.63, 3.8) is 0 Å². The van der Waals surface area contributed by atoms with Crippen LogP contribution in [0.4, 0.5) is 0 Å². The van der Waals surface area contributed by atoms with Crippen molar-refractivity contribution in [3.8, 4) is 5.75 Å². The second kappa shape index (κ2) is 6.95. The van der Waals surface area contributed by atoms with E-state index in [0.29, 0.717) is 0 Å². The van der Waals surface area contributed by atoms with Crippen LogP contribution in [0.25, 0.3) is 0 Å². The van der Waals surface area contributed by atoms with Gasteiger partial charge in [0.15, 0.2) is 0 Å². The molecule has 0 atom stereocenters. The predicted molar refractivity (Wildman–Crippen MR) is 83.2 cm³/mol. The monoisotopic (exact) mass is 292 g/mol. The molecule has 0 amide bonds. The lowest BCUT2D eigenvalue weighted by Gasteiger charge is -2.20. The Morgan fingerprint density at radius 2 is 1.62 bits per heavy atom. The third kappa shape index (κ3) is 3.69. The molecule has 0 aliphatic carbocycles. The average Bonchev–Trinajstić information content (AvgIpc) is 2.30. The van der Waals surface area contributed by atoms with Gasteiger partial charge in [-0.2, -0.15) is 0 Å². The van der Waals surface area contributed by atoms with E-state index in [9.17, 15) is 0 Å². The molecule has 0 saturated heterocycles. The highest BCUT2D eigenvalue weighted by atomic mass is 33.2. The Bertz CT molecular complexity index is 354. The van der Waals surface area contributed by atoms with Crippen molar-refractivity contribution in [1.82, 2.24) is 0 Å². The molecule has 1 aromatic carbocycles.